The van der Waals surface area contributed by atoms with E-state index in [-0.39, 0.29) is 18.0 Å². The molecule has 21 heavy (non-hydrogen) atoms. The third-order valence-electron chi connectivity index (χ3n) is 4.46. The first-order valence-corrected chi connectivity index (χ1v) is 8.05. The lowest BCUT2D eigenvalue weighted by atomic mass is 9.87. The molecule has 1 N–H and O–H groups in total. The number of benzene rings is 1. The fourth-order valence-electron chi connectivity index (χ4n) is 3.33. The summed E-state index contributed by atoms with van der Waals surface area (Å²) in [5, 5.41) is 3.57. The quantitative estimate of drug-likeness (QED) is 0.922. The summed E-state index contributed by atoms with van der Waals surface area (Å²) in [4.78, 5) is 0. The van der Waals surface area contributed by atoms with Gasteiger partial charge in [-0.3, -0.25) is 0 Å². The molecule has 3 unspecified atom stereocenters. The zero-order valence-corrected chi connectivity index (χ0v) is 12.6. The minimum atomic E-state index is -0.233. The van der Waals surface area contributed by atoms with Gasteiger partial charge < -0.3 is 14.8 Å². The zero-order valence-electron chi connectivity index (χ0n) is 12.6. The molecule has 1 aromatic carbocycles. The van der Waals surface area contributed by atoms with E-state index in [0.29, 0.717) is 11.7 Å². The molecule has 3 rings (SSSR count). The van der Waals surface area contributed by atoms with Crippen LogP contribution in [0.15, 0.2) is 18.2 Å². The highest BCUT2D eigenvalue weighted by Gasteiger charge is 2.34. The Kier molecular flexibility index (Phi) is 4.76. The third-order valence-corrected chi connectivity index (χ3v) is 4.46. The van der Waals surface area contributed by atoms with Crippen LogP contribution in [0.4, 0.5) is 4.39 Å². The highest BCUT2D eigenvalue weighted by Crippen LogP contribution is 2.38. The number of ether oxygens (including phenoxy) is 2. The molecular weight excluding hydrogens is 269 g/mol. The van der Waals surface area contributed by atoms with E-state index in [4.69, 9.17) is 9.47 Å². The SMILES string of the molecule is CCCNC1CC(C2CCCOC2)Oc2cc(F)ccc21. The van der Waals surface area contributed by atoms with Crippen LogP contribution in [0.2, 0.25) is 0 Å². The summed E-state index contributed by atoms with van der Waals surface area (Å²) < 4.78 is 25.2. The lowest BCUT2D eigenvalue weighted by Gasteiger charge is -2.38. The average Bonchev–Trinajstić information content (AvgIpc) is 2.52. The topological polar surface area (TPSA) is 30.5 Å². The van der Waals surface area contributed by atoms with Crippen molar-refractivity contribution in [2.24, 2.45) is 5.92 Å². The van der Waals surface area contributed by atoms with Crippen molar-refractivity contribution < 1.29 is 13.9 Å². The van der Waals surface area contributed by atoms with E-state index in [1.165, 1.54) is 12.1 Å². The maximum absolute atomic E-state index is 13.5. The largest absolute Gasteiger partial charge is 0.490 e. The van der Waals surface area contributed by atoms with E-state index in [1.807, 2.05) is 6.07 Å². The molecule has 2 aliphatic rings. The van der Waals surface area contributed by atoms with Gasteiger partial charge in [0.05, 0.1) is 6.61 Å². The smallest absolute Gasteiger partial charge is 0.127 e. The van der Waals surface area contributed by atoms with Crippen molar-refractivity contribution in [3.05, 3.63) is 29.6 Å². The lowest BCUT2D eigenvalue weighted by Crippen LogP contribution is -2.40. The van der Waals surface area contributed by atoms with Crippen LogP contribution >= 0.6 is 0 Å². The number of nitrogens with one attached hydrogen (secondary N) is 1. The van der Waals surface area contributed by atoms with E-state index in [0.717, 1.165) is 51.0 Å². The zero-order chi connectivity index (χ0) is 14.7. The molecule has 1 aromatic rings. The molecule has 0 aromatic heterocycles. The second-order valence-corrected chi connectivity index (χ2v) is 6.06. The summed E-state index contributed by atoms with van der Waals surface area (Å²) >= 11 is 0. The average molecular weight is 293 g/mol. The van der Waals surface area contributed by atoms with Crippen molar-refractivity contribution in [3.63, 3.8) is 0 Å². The molecule has 116 valence electrons. The Labute approximate surface area is 125 Å². The number of hydrogen-bond donors (Lipinski definition) is 1. The molecule has 0 saturated carbocycles. The summed E-state index contributed by atoms with van der Waals surface area (Å²) in [5.41, 5.74) is 1.08. The first kappa shape index (κ1) is 14.8. The van der Waals surface area contributed by atoms with E-state index < -0.39 is 0 Å². The first-order valence-electron chi connectivity index (χ1n) is 8.05. The van der Waals surface area contributed by atoms with Crippen molar-refractivity contribution in [1.29, 1.82) is 0 Å². The van der Waals surface area contributed by atoms with Gasteiger partial charge >= 0.3 is 0 Å². The Morgan fingerprint density at radius 1 is 1.38 bits per heavy atom. The molecule has 1 saturated heterocycles. The maximum Gasteiger partial charge on any atom is 0.127 e. The number of hydrogen-bond acceptors (Lipinski definition) is 3. The summed E-state index contributed by atoms with van der Waals surface area (Å²) in [5.74, 6) is 0.884. The van der Waals surface area contributed by atoms with Crippen molar-refractivity contribution in [3.8, 4) is 5.75 Å². The Hall–Kier alpha value is -1.13. The molecule has 0 aliphatic carbocycles. The van der Waals surface area contributed by atoms with E-state index in [1.54, 1.807) is 0 Å². The minimum Gasteiger partial charge on any atom is -0.490 e. The number of rotatable bonds is 4. The maximum atomic E-state index is 13.5. The monoisotopic (exact) mass is 293 g/mol. The van der Waals surface area contributed by atoms with Crippen LogP contribution in [0, 0.1) is 11.7 Å². The van der Waals surface area contributed by atoms with Crippen molar-refractivity contribution >= 4 is 0 Å². The van der Waals surface area contributed by atoms with Gasteiger partial charge in [-0.15, -0.1) is 0 Å². The summed E-state index contributed by atoms with van der Waals surface area (Å²) in [6, 6.07) is 5.14. The van der Waals surface area contributed by atoms with Gasteiger partial charge in [-0.2, -0.15) is 0 Å². The minimum absolute atomic E-state index is 0.119. The standard InChI is InChI=1S/C17H24FNO2/c1-2-7-19-15-10-16(12-4-3-8-20-11-12)21-17-9-13(18)5-6-14(15)17/h5-6,9,12,15-16,19H,2-4,7-8,10-11H2,1H3. The first-order chi connectivity index (χ1) is 10.3. The van der Waals surface area contributed by atoms with E-state index in [9.17, 15) is 4.39 Å². The number of halogens is 1. The molecule has 3 nitrogen and oxygen atoms in total. The Morgan fingerprint density at radius 2 is 2.29 bits per heavy atom. The fourth-order valence-corrected chi connectivity index (χ4v) is 3.33. The predicted molar refractivity (Wildman–Crippen MR) is 80.0 cm³/mol. The summed E-state index contributed by atoms with van der Waals surface area (Å²) in [6.07, 6.45) is 4.37. The molecule has 3 atom stereocenters. The van der Waals surface area contributed by atoms with Gasteiger partial charge in [-0.05, 0) is 31.9 Å². The van der Waals surface area contributed by atoms with Crippen LogP contribution in [0.5, 0.6) is 5.75 Å². The molecule has 0 bridgehead atoms. The lowest BCUT2D eigenvalue weighted by molar-refractivity contribution is -0.0112. The molecule has 0 radical (unpaired) electrons. The van der Waals surface area contributed by atoms with Gasteiger partial charge in [0.15, 0.2) is 0 Å². The second kappa shape index (κ2) is 6.75. The highest BCUT2D eigenvalue weighted by molar-refractivity contribution is 5.38. The Bertz CT molecular complexity index is 474. The number of fused-ring (bicyclic) bond motifs is 1. The molecule has 2 heterocycles. The van der Waals surface area contributed by atoms with Crippen molar-refractivity contribution in [1.82, 2.24) is 5.32 Å². The van der Waals surface area contributed by atoms with Crippen LogP contribution in [0.25, 0.3) is 0 Å². The van der Waals surface area contributed by atoms with Crippen LogP contribution in [0.1, 0.15) is 44.2 Å². The fraction of sp³-hybridized carbons (Fsp3) is 0.647. The Balaban J connectivity index is 1.80. The van der Waals surface area contributed by atoms with Crippen LogP contribution < -0.4 is 10.1 Å². The van der Waals surface area contributed by atoms with Crippen LogP contribution in [-0.4, -0.2) is 25.9 Å². The van der Waals surface area contributed by atoms with Gasteiger partial charge in [0, 0.05) is 36.6 Å². The van der Waals surface area contributed by atoms with Crippen LogP contribution in [0.3, 0.4) is 0 Å². The summed E-state index contributed by atoms with van der Waals surface area (Å²) in [6.45, 7) is 4.74. The normalized spacial score (nSPS) is 28.8. The van der Waals surface area contributed by atoms with Gasteiger partial charge in [0.2, 0.25) is 0 Å². The second-order valence-electron chi connectivity index (χ2n) is 6.06. The van der Waals surface area contributed by atoms with Crippen molar-refractivity contribution in [2.45, 2.75) is 44.8 Å². The summed E-state index contributed by atoms with van der Waals surface area (Å²) in [7, 11) is 0. The molecule has 4 heteroatoms. The van der Waals surface area contributed by atoms with Gasteiger partial charge in [0.1, 0.15) is 17.7 Å². The molecular formula is C17H24FNO2. The van der Waals surface area contributed by atoms with Crippen molar-refractivity contribution in [2.75, 3.05) is 19.8 Å². The molecule has 1 fully saturated rings. The molecule has 2 aliphatic heterocycles. The molecule has 0 spiro atoms. The van der Waals surface area contributed by atoms with Crippen LogP contribution in [-0.2, 0) is 4.74 Å². The van der Waals surface area contributed by atoms with Gasteiger partial charge in [0.25, 0.3) is 0 Å². The van der Waals surface area contributed by atoms with Gasteiger partial charge in [-0.25, -0.2) is 4.39 Å². The third kappa shape index (κ3) is 3.38. The Morgan fingerprint density at radius 3 is 3.05 bits per heavy atom. The predicted octanol–water partition coefficient (Wildman–Crippen LogP) is 3.44. The van der Waals surface area contributed by atoms with E-state index >= 15 is 0 Å². The van der Waals surface area contributed by atoms with E-state index in [2.05, 4.69) is 12.2 Å². The highest BCUT2D eigenvalue weighted by atomic mass is 19.1. The molecule has 0 amide bonds. The van der Waals surface area contributed by atoms with Gasteiger partial charge in [-0.1, -0.05) is 13.0 Å².